The van der Waals surface area contributed by atoms with E-state index in [4.69, 9.17) is 11.6 Å². The van der Waals surface area contributed by atoms with Crippen molar-refractivity contribution in [2.75, 3.05) is 0 Å². The van der Waals surface area contributed by atoms with E-state index >= 15 is 0 Å². The summed E-state index contributed by atoms with van der Waals surface area (Å²) in [4.78, 5) is 7.10. The Labute approximate surface area is 67.2 Å². The fourth-order valence-electron chi connectivity index (χ4n) is 0.614. The molecule has 0 saturated carbocycles. The largest absolute Gasteiger partial charge is 0.364 e. The Kier molecular flexibility index (Phi) is 2.04. The Morgan fingerprint density at radius 3 is 2.55 bits per heavy atom. The second kappa shape index (κ2) is 2.70. The molecule has 1 aromatic heterocycles. The third-order valence-corrected chi connectivity index (χ3v) is 1.26. The van der Waals surface area contributed by atoms with Crippen LogP contribution in [0.5, 0.6) is 0 Å². The minimum Gasteiger partial charge on any atom is -0.242 e. The molecule has 60 valence electrons. The lowest BCUT2D eigenvalue weighted by Crippen LogP contribution is -2.07. The maximum Gasteiger partial charge on any atom is 0.364 e. The maximum atomic E-state index is 12.3. The molecule has 0 amide bonds. The standard InChI is InChI=1S/C6H5ClF2N2/c1-4-10-3-2-5(11-4)6(7,8)9/h2-3H,1H3. The van der Waals surface area contributed by atoms with E-state index in [9.17, 15) is 8.78 Å². The number of hydrogen-bond acceptors (Lipinski definition) is 2. The molecule has 0 aliphatic rings. The van der Waals surface area contributed by atoms with Crippen LogP contribution in [0, 0.1) is 6.92 Å². The second-order valence-electron chi connectivity index (χ2n) is 1.99. The topological polar surface area (TPSA) is 25.8 Å². The van der Waals surface area contributed by atoms with Gasteiger partial charge < -0.3 is 0 Å². The fourth-order valence-corrected chi connectivity index (χ4v) is 0.719. The van der Waals surface area contributed by atoms with Crippen molar-refractivity contribution in [3.05, 3.63) is 23.8 Å². The molecule has 0 atom stereocenters. The summed E-state index contributed by atoms with van der Waals surface area (Å²) in [6.45, 7) is 1.52. The Bertz CT molecular complexity index is 259. The Balaban J connectivity index is 3.06. The molecule has 0 radical (unpaired) electrons. The van der Waals surface area contributed by atoms with E-state index in [2.05, 4.69) is 9.97 Å². The number of hydrogen-bond donors (Lipinski definition) is 0. The first-order valence-electron chi connectivity index (χ1n) is 2.87. The second-order valence-corrected chi connectivity index (χ2v) is 2.46. The first-order chi connectivity index (χ1) is 5.00. The lowest BCUT2D eigenvalue weighted by atomic mass is 10.4. The summed E-state index contributed by atoms with van der Waals surface area (Å²) in [6.07, 6.45) is 1.24. The zero-order valence-corrected chi connectivity index (χ0v) is 6.44. The molecule has 0 aromatic carbocycles. The minimum absolute atomic E-state index is 0.280. The summed E-state index contributed by atoms with van der Waals surface area (Å²) in [5.41, 5.74) is -0.466. The van der Waals surface area contributed by atoms with Gasteiger partial charge in [0.2, 0.25) is 0 Å². The molecule has 0 unspecified atom stereocenters. The van der Waals surface area contributed by atoms with Gasteiger partial charge in [0.05, 0.1) is 0 Å². The molecule has 0 aliphatic heterocycles. The van der Waals surface area contributed by atoms with Crippen molar-refractivity contribution < 1.29 is 8.78 Å². The van der Waals surface area contributed by atoms with Crippen molar-refractivity contribution in [1.82, 2.24) is 9.97 Å². The molecule has 0 spiro atoms. The van der Waals surface area contributed by atoms with Crippen LogP contribution in [0.3, 0.4) is 0 Å². The lowest BCUT2D eigenvalue weighted by Gasteiger charge is -2.05. The highest BCUT2D eigenvalue weighted by molar-refractivity contribution is 6.21. The van der Waals surface area contributed by atoms with Gasteiger partial charge in [0.1, 0.15) is 11.5 Å². The van der Waals surface area contributed by atoms with Gasteiger partial charge in [0.15, 0.2) is 0 Å². The summed E-state index contributed by atoms with van der Waals surface area (Å²) in [6, 6.07) is 1.08. The van der Waals surface area contributed by atoms with Gasteiger partial charge in [0.25, 0.3) is 0 Å². The van der Waals surface area contributed by atoms with Crippen molar-refractivity contribution in [2.24, 2.45) is 0 Å². The normalized spacial score (nSPS) is 11.6. The fraction of sp³-hybridized carbons (Fsp3) is 0.333. The average Bonchev–Trinajstić information content (AvgIpc) is 1.86. The van der Waals surface area contributed by atoms with Gasteiger partial charge in [-0.2, -0.15) is 8.78 Å². The van der Waals surface area contributed by atoms with Gasteiger partial charge in [-0.05, 0) is 24.6 Å². The third kappa shape index (κ3) is 2.08. The molecule has 11 heavy (non-hydrogen) atoms. The van der Waals surface area contributed by atoms with E-state index in [-0.39, 0.29) is 5.82 Å². The highest BCUT2D eigenvalue weighted by Gasteiger charge is 2.29. The number of nitrogens with zero attached hydrogens (tertiary/aromatic N) is 2. The summed E-state index contributed by atoms with van der Waals surface area (Å²) in [5, 5.41) is -3.40. The van der Waals surface area contributed by atoms with Crippen LogP contribution in [0.25, 0.3) is 0 Å². The van der Waals surface area contributed by atoms with Crippen LogP contribution < -0.4 is 0 Å². The van der Waals surface area contributed by atoms with Crippen molar-refractivity contribution in [3.8, 4) is 0 Å². The Morgan fingerprint density at radius 2 is 2.18 bits per heavy atom. The number of rotatable bonds is 1. The number of aromatic nitrogens is 2. The first kappa shape index (κ1) is 8.33. The molecule has 0 N–H and O–H groups in total. The highest BCUT2D eigenvalue weighted by atomic mass is 35.5. The number of halogens is 3. The van der Waals surface area contributed by atoms with E-state index in [0.717, 1.165) is 6.07 Å². The quantitative estimate of drug-likeness (QED) is 0.616. The Morgan fingerprint density at radius 1 is 1.55 bits per heavy atom. The van der Waals surface area contributed by atoms with Gasteiger partial charge in [0, 0.05) is 6.20 Å². The predicted octanol–water partition coefficient (Wildman–Crippen LogP) is 2.07. The molecule has 0 fully saturated rings. The average molecular weight is 179 g/mol. The van der Waals surface area contributed by atoms with Gasteiger partial charge >= 0.3 is 5.38 Å². The number of aryl methyl sites for hydroxylation is 1. The molecule has 2 nitrogen and oxygen atoms in total. The molecule has 1 heterocycles. The molecule has 0 saturated heterocycles. The smallest absolute Gasteiger partial charge is 0.242 e. The van der Waals surface area contributed by atoms with Crippen LogP contribution in [0.4, 0.5) is 8.78 Å². The molecule has 0 aliphatic carbocycles. The molecular weight excluding hydrogens is 174 g/mol. The van der Waals surface area contributed by atoms with E-state index in [0.29, 0.717) is 0 Å². The van der Waals surface area contributed by atoms with Crippen LogP contribution in [0.15, 0.2) is 12.3 Å². The highest BCUT2D eigenvalue weighted by Crippen LogP contribution is 2.29. The molecule has 5 heteroatoms. The van der Waals surface area contributed by atoms with E-state index in [1.165, 1.54) is 13.1 Å². The molecule has 0 bridgehead atoms. The zero-order valence-electron chi connectivity index (χ0n) is 5.68. The van der Waals surface area contributed by atoms with Crippen molar-refractivity contribution in [3.63, 3.8) is 0 Å². The molecular formula is C6H5ClF2N2. The van der Waals surface area contributed by atoms with Gasteiger partial charge in [-0.1, -0.05) is 0 Å². The van der Waals surface area contributed by atoms with Crippen LogP contribution in [0.2, 0.25) is 0 Å². The van der Waals surface area contributed by atoms with Crippen molar-refractivity contribution >= 4 is 11.6 Å². The summed E-state index contributed by atoms with van der Waals surface area (Å²) >= 11 is 4.71. The van der Waals surface area contributed by atoms with E-state index in [1.807, 2.05) is 0 Å². The summed E-state index contributed by atoms with van der Waals surface area (Å²) in [7, 11) is 0. The van der Waals surface area contributed by atoms with Gasteiger partial charge in [-0.3, -0.25) is 0 Å². The van der Waals surface area contributed by atoms with Crippen molar-refractivity contribution in [1.29, 1.82) is 0 Å². The van der Waals surface area contributed by atoms with Crippen LogP contribution >= 0.6 is 11.6 Å². The van der Waals surface area contributed by atoms with Gasteiger partial charge in [-0.25, -0.2) is 9.97 Å². The SMILES string of the molecule is Cc1nccc(C(F)(F)Cl)n1. The van der Waals surface area contributed by atoms with Crippen LogP contribution in [-0.2, 0) is 5.38 Å². The summed E-state index contributed by atoms with van der Waals surface area (Å²) < 4.78 is 24.6. The maximum absolute atomic E-state index is 12.3. The third-order valence-electron chi connectivity index (χ3n) is 1.07. The number of alkyl halides is 3. The van der Waals surface area contributed by atoms with E-state index in [1.54, 1.807) is 0 Å². The van der Waals surface area contributed by atoms with Crippen LogP contribution in [0.1, 0.15) is 11.5 Å². The lowest BCUT2D eigenvalue weighted by molar-refractivity contribution is 0.0896. The Hall–Kier alpha value is -0.770. The van der Waals surface area contributed by atoms with Crippen molar-refractivity contribution in [2.45, 2.75) is 12.3 Å². The van der Waals surface area contributed by atoms with E-state index < -0.39 is 11.1 Å². The minimum atomic E-state index is -3.40. The molecule has 1 aromatic rings. The summed E-state index contributed by atoms with van der Waals surface area (Å²) in [5.74, 6) is 0.280. The molecule has 1 rings (SSSR count). The van der Waals surface area contributed by atoms with Crippen LogP contribution in [-0.4, -0.2) is 9.97 Å². The zero-order chi connectivity index (χ0) is 8.48. The monoisotopic (exact) mass is 178 g/mol. The first-order valence-corrected chi connectivity index (χ1v) is 3.25. The predicted molar refractivity (Wildman–Crippen MR) is 36.5 cm³/mol. The van der Waals surface area contributed by atoms with Gasteiger partial charge in [-0.15, -0.1) is 0 Å².